The molecule has 3 rings (SSSR count). The Morgan fingerprint density at radius 3 is 2.31 bits per heavy atom. The molecule has 9 heteroatoms. The molecule has 3 aromatic rings. The number of aromatic hydroxyl groups is 1. The Kier molecular flexibility index (Phi) is 8.66. The molecule has 0 saturated heterocycles. The van der Waals surface area contributed by atoms with Crippen molar-refractivity contribution in [2.24, 2.45) is 0 Å². The smallest absolute Gasteiger partial charge is 0.508 e. The first-order chi connectivity index (χ1) is 16.8. The monoisotopic (exact) mass is 478 g/mol. The highest BCUT2D eigenvalue weighted by atomic mass is 16.7. The van der Waals surface area contributed by atoms with E-state index in [4.69, 9.17) is 14.2 Å². The van der Waals surface area contributed by atoms with Crippen LogP contribution >= 0.6 is 0 Å². The number of carbonyl (C=O) groups excluding carboxylic acids is 3. The third-order valence-corrected chi connectivity index (χ3v) is 4.75. The van der Waals surface area contributed by atoms with Crippen LogP contribution in [-0.4, -0.2) is 35.8 Å². The fourth-order valence-electron chi connectivity index (χ4n) is 3.00. The Morgan fingerprint density at radius 1 is 0.943 bits per heavy atom. The number of hydrogen-bond acceptors (Lipinski definition) is 7. The van der Waals surface area contributed by atoms with Gasteiger partial charge in [0.25, 0.3) is 11.8 Å². The number of amides is 2. The van der Waals surface area contributed by atoms with Crippen molar-refractivity contribution in [2.45, 2.75) is 26.5 Å². The van der Waals surface area contributed by atoms with Crippen molar-refractivity contribution in [3.63, 3.8) is 0 Å². The summed E-state index contributed by atoms with van der Waals surface area (Å²) in [6.07, 6.45) is -1.55. The van der Waals surface area contributed by atoms with Gasteiger partial charge in [-0.15, -0.1) is 0 Å². The molecule has 0 aliphatic heterocycles. The number of ether oxygens (including phenoxy) is 3. The minimum absolute atomic E-state index is 0.112. The van der Waals surface area contributed by atoms with E-state index in [0.717, 1.165) is 5.56 Å². The molecule has 9 nitrogen and oxygen atoms in total. The molecule has 2 amide bonds. The van der Waals surface area contributed by atoms with Gasteiger partial charge in [0, 0.05) is 17.8 Å². The van der Waals surface area contributed by atoms with E-state index in [0.29, 0.717) is 17.0 Å². The maximum Gasteiger partial charge on any atom is 0.513 e. The second kappa shape index (κ2) is 12.1. The van der Waals surface area contributed by atoms with Gasteiger partial charge in [-0.2, -0.15) is 0 Å². The summed E-state index contributed by atoms with van der Waals surface area (Å²) in [5.74, 6) is 0.195. The lowest BCUT2D eigenvalue weighted by Crippen LogP contribution is -2.35. The lowest BCUT2D eigenvalue weighted by atomic mass is 10.1. The second-order valence-electron chi connectivity index (χ2n) is 7.44. The van der Waals surface area contributed by atoms with E-state index in [9.17, 15) is 19.5 Å². The molecule has 0 saturated carbocycles. The van der Waals surface area contributed by atoms with Crippen LogP contribution in [0.3, 0.4) is 0 Å². The van der Waals surface area contributed by atoms with E-state index in [-0.39, 0.29) is 36.5 Å². The lowest BCUT2D eigenvalue weighted by molar-refractivity contribution is -0.127. The largest absolute Gasteiger partial charge is 0.513 e. The third kappa shape index (κ3) is 7.78. The van der Waals surface area contributed by atoms with E-state index in [1.807, 2.05) is 6.07 Å². The van der Waals surface area contributed by atoms with Crippen LogP contribution in [0.2, 0.25) is 0 Å². The molecule has 3 N–H and O–H groups in total. The molecule has 0 bridgehead atoms. The van der Waals surface area contributed by atoms with Crippen molar-refractivity contribution < 1.29 is 33.7 Å². The Balaban J connectivity index is 1.52. The van der Waals surface area contributed by atoms with Gasteiger partial charge >= 0.3 is 6.16 Å². The first-order valence-electron chi connectivity index (χ1n) is 10.9. The van der Waals surface area contributed by atoms with Crippen molar-refractivity contribution in [1.29, 1.82) is 0 Å². The highest BCUT2D eigenvalue weighted by Crippen LogP contribution is 2.18. The van der Waals surface area contributed by atoms with E-state index in [2.05, 4.69) is 10.6 Å². The van der Waals surface area contributed by atoms with Crippen molar-refractivity contribution in [1.82, 2.24) is 5.32 Å². The van der Waals surface area contributed by atoms with Crippen LogP contribution < -0.4 is 20.1 Å². The zero-order valence-electron chi connectivity index (χ0n) is 19.3. The van der Waals surface area contributed by atoms with E-state index in [1.165, 1.54) is 36.4 Å². The number of carbonyl (C=O) groups is 3. The molecule has 1 atom stereocenters. The van der Waals surface area contributed by atoms with Crippen LogP contribution in [-0.2, 0) is 16.1 Å². The highest BCUT2D eigenvalue weighted by Gasteiger charge is 2.15. The summed E-state index contributed by atoms with van der Waals surface area (Å²) in [4.78, 5) is 36.3. The molecule has 3 aromatic carbocycles. The van der Waals surface area contributed by atoms with Crippen molar-refractivity contribution in [3.05, 3.63) is 83.9 Å². The fourth-order valence-corrected chi connectivity index (χ4v) is 3.00. The third-order valence-electron chi connectivity index (χ3n) is 4.75. The Morgan fingerprint density at radius 2 is 1.63 bits per heavy atom. The molecule has 0 radical (unpaired) electrons. The molecule has 35 heavy (non-hydrogen) atoms. The standard InChI is InChI=1S/C26H26N2O7/c1-3-33-26(32)35-23-11-7-19(8-12-23)25(31)28-20-6-4-5-18(15-20)16-27-24(30)17(2)34-22-13-9-21(29)10-14-22/h4-15,17,29H,3,16H2,1-2H3,(H,27,30)(H,28,31). The summed E-state index contributed by atoms with van der Waals surface area (Å²) < 4.78 is 15.3. The highest BCUT2D eigenvalue weighted by molar-refractivity contribution is 6.04. The predicted molar refractivity (Wildman–Crippen MR) is 129 cm³/mol. The number of nitrogens with one attached hydrogen (secondary N) is 2. The first kappa shape index (κ1) is 25.1. The topological polar surface area (TPSA) is 123 Å². The first-order valence-corrected chi connectivity index (χ1v) is 10.9. The molecular formula is C26H26N2O7. The molecule has 0 aliphatic rings. The van der Waals surface area contributed by atoms with Crippen LogP contribution in [0.25, 0.3) is 0 Å². The van der Waals surface area contributed by atoms with Gasteiger partial charge in [-0.05, 0) is 80.1 Å². The molecule has 0 aliphatic carbocycles. The van der Waals surface area contributed by atoms with Gasteiger partial charge in [0.05, 0.1) is 6.61 Å². The number of anilines is 1. The minimum atomic E-state index is -0.810. The lowest BCUT2D eigenvalue weighted by Gasteiger charge is -2.15. The zero-order chi connectivity index (χ0) is 25.2. The summed E-state index contributed by atoms with van der Waals surface area (Å²) in [5.41, 5.74) is 1.72. The summed E-state index contributed by atoms with van der Waals surface area (Å²) in [5, 5.41) is 14.9. The maximum absolute atomic E-state index is 12.6. The summed E-state index contributed by atoms with van der Waals surface area (Å²) >= 11 is 0. The molecule has 0 fully saturated rings. The normalized spacial score (nSPS) is 11.1. The van der Waals surface area contributed by atoms with E-state index in [1.54, 1.807) is 44.2 Å². The quantitative estimate of drug-likeness (QED) is 0.310. The summed E-state index contributed by atoms with van der Waals surface area (Å²) in [6.45, 7) is 3.74. The van der Waals surface area contributed by atoms with E-state index < -0.39 is 12.3 Å². The number of rotatable bonds is 9. The van der Waals surface area contributed by atoms with Crippen molar-refractivity contribution >= 4 is 23.7 Å². The fraction of sp³-hybridized carbons (Fsp3) is 0.192. The van der Waals surface area contributed by atoms with Crippen LogP contribution in [0.15, 0.2) is 72.8 Å². The van der Waals surface area contributed by atoms with Crippen LogP contribution in [0.4, 0.5) is 10.5 Å². The number of phenols is 1. The van der Waals surface area contributed by atoms with Gasteiger partial charge in [0.15, 0.2) is 6.10 Å². The molecule has 182 valence electrons. The van der Waals surface area contributed by atoms with Crippen LogP contribution in [0.1, 0.15) is 29.8 Å². The Bertz CT molecular complexity index is 1160. The van der Waals surface area contributed by atoms with Gasteiger partial charge < -0.3 is 30.0 Å². The van der Waals surface area contributed by atoms with Gasteiger partial charge in [-0.25, -0.2) is 4.79 Å². The summed E-state index contributed by atoms with van der Waals surface area (Å²) in [6, 6.07) is 19.2. The second-order valence-corrected chi connectivity index (χ2v) is 7.44. The Labute approximate surface area is 202 Å². The Hall–Kier alpha value is -4.53. The molecule has 0 spiro atoms. The van der Waals surface area contributed by atoms with Crippen molar-refractivity contribution in [3.8, 4) is 17.2 Å². The minimum Gasteiger partial charge on any atom is -0.508 e. The molecule has 0 heterocycles. The van der Waals surface area contributed by atoms with Crippen LogP contribution in [0.5, 0.6) is 17.2 Å². The van der Waals surface area contributed by atoms with Gasteiger partial charge in [-0.1, -0.05) is 12.1 Å². The number of hydrogen-bond donors (Lipinski definition) is 3. The van der Waals surface area contributed by atoms with E-state index >= 15 is 0 Å². The van der Waals surface area contributed by atoms with Crippen LogP contribution in [0, 0.1) is 0 Å². The molecule has 1 unspecified atom stereocenters. The summed E-state index contributed by atoms with van der Waals surface area (Å²) in [7, 11) is 0. The number of phenolic OH excluding ortho intramolecular Hbond substituents is 1. The van der Waals surface area contributed by atoms with Gasteiger partial charge in [0.2, 0.25) is 0 Å². The SMILES string of the molecule is CCOC(=O)Oc1ccc(C(=O)Nc2cccc(CNC(=O)C(C)Oc3ccc(O)cc3)c2)cc1. The van der Waals surface area contributed by atoms with Gasteiger partial charge in [0.1, 0.15) is 17.2 Å². The van der Waals surface area contributed by atoms with Crippen molar-refractivity contribution in [2.75, 3.05) is 11.9 Å². The average molecular weight is 479 g/mol. The number of benzene rings is 3. The predicted octanol–water partition coefficient (Wildman–Crippen LogP) is 4.26. The van der Waals surface area contributed by atoms with Gasteiger partial charge in [-0.3, -0.25) is 9.59 Å². The molecule has 0 aromatic heterocycles. The average Bonchev–Trinajstić information content (AvgIpc) is 2.84. The zero-order valence-corrected chi connectivity index (χ0v) is 19.3. The maximum atomic E-state index is 12.6. The molecular weight excluding hydrogens is 452 g/mol.